The first-order valence-corrected chi connectivity index (χ1v) is 5.96. The summed E-state index contributed by atoms with van der Waals surface area (Å²) in [5, 5.41) is 0. The molecule has 19 heavy (non-hydrogen) atoms. The molecular formula is C15H15F2NO. The highest BCUT2D eigenvalue weighted by atomic mass is 19.1. The molecule has 2 aromatic rings. The summed E-state index contributed by atoms with van der Waals surface area (Å²) < 4.78 is 32.4. The van der Waals surface area contributed by atoms with E-state index in [2.05, 4.69) is 0 Å². The van der Waals surface area contributed by atoms with Crippen molar-refractivity contribution in [3.05, 3.63) is 59.2 Å². The van der Waals surface area contributed by atoms with E-state index in [1.54, 1.807) is 26.0 Å². The number of halogens is 2. The molecule has 0 saturated carbocycles. The van der Waals surface area contributed by atoms with E-state index in [9.17, 15) is 8.78 Å². The Hall–Kier alpha value is -1.94. The van der Waals surface area contributed by atoms with Gasteiger partial charge in [0.1, 0.15) is 11.6 Å². The molecule has 0 radical (unpaired) electrons. The van der Waals surface area contributed by atoms with Gasteiger partial charge in [0.2, 0.25) is 0 Å². The van der Waals surface area contributed by atoms with E-state index in [-0.39, 0.29) is 11.8 Å². The van der Waals surface area contributed by atoms with Crippen LogP contribution < -0.4 is 10.5 Å². The van der Waals surface area contributed by atoms with Gasteiger partial charge in [-0.05, 0) is 43.2 Å². The lowest BCUT2D eigenvalue weighted by Gasteiger charge is -2.11. The molecule has 0 bridgehead atoms. The Kier molecular flexibility index (Phi) is 3.81. The number of benzene rings is 2. The van der Waals surface area contributed by atoms with Gasteiger partial charge in [-0.3, -0.25) is 0 Å². The minimum atomic E-state index is -0.515. The molecule has 0 heterocycles. The number of hydrogen-bond acceptors (Lipinski definition) is 2. The first-order valence-electron chi connectivity index (χ1n) is 5.96. The van der Waals surface area contributed by atoms with Crippen molar-refractivity contribution in [1.82, 2.24) is 0 Å². The molecule has 0 aromatic heterocycles. The number of nitrogens with two attached hydrogens (primary N) is 1. The third kappa shape index (κ3) is 3.09. The molecule has 1 atom stereocenters. The van der Waals surface area contributed by atoms with Crippen molar-refractivity contribution in [1.29, 1.82) is 0 Å². The number of aryl methyl sites for hydroxylation is 1. The molecule has 0 amide bonds. The topological polar surface area (TPSA) is 35.2 Å². The van der Waals surface area contributed by atoms with Crippen LogP contribution in [0.2, 0.25) is 0 Å². The second-order valence-electron chi connectivity index (χ2n) is 4.49. The Labute approximate surface area is 110 Å². The molecule has 2 rings (SSSR count). The van der Waals surface area contributed by atoms with Gasteiger partial charge in [0, 0.05) is 12.1 Å². The minimum Gasteiger partial charge on any atom is -0.454 e. The van der Waals surface area contributed by atoms with Crippen LogP contribution in [0.1, 0.15) is 24.1 Å². The lowest BCUT2D eigenvalue weighted by atomic mass is 10.1. The highest BCUT2D eigenvalue weighted by Crippen LogP contribution is 2.29. The summed E-state index contributed by atoms with van der Waals surface area (Å²) in [5.74, 6) is -0.586. The summed E-state index contributed by atoms with van der Waals surface area (Å²) in [4.78, 5) is 0. The maximum atomic E-state index is 13.9. The molecule has 0 saturated heterocycles. The maximum Gasteiger partial charge on any atom is 0.166 e. The van der Waals surface area contributed by atoms with Gasteiger partial charge in [-0.25, -0.2) is 8.78 Å². The smallest absolute Gasteiger partial charge is 0.166 e. The Bertz CT molecular complexity index is 597. The van der Waals surface area contributed by atoms with Gasteiger partial charge >= 0.3 is 0 Å². The van der Waals surface area contributed by atoms with Gasteiger partial charge in [-0.15, -0.1) is 0 Å². The SMILES string of the molecule is Cc1ccc(F)cc1Oc1ccc([C@@H](C)N)cc1F. The van der Waals surface area contributed by atoms with E-state index in [1.807, 2.05) is 0 Å². The van der Waals surface area contributed by atoms with Crippen LogP contribution in [-0.2, 0) is 0 Å². The van der Waals surface area contributed by atoms with E-state index in [0.717, 1.165) is 5.56 Å². The fourth-order valence-electron chi connectivity index (χ4n) is 1.69. The Morgan fingerprint density at radius 3 is 2.42 bits per heavy atom. The normalized spacial score (nSPS) is 12.3. The van der Waals surface area contributed by atoms with E-state index in [4.69, 9.17) is 10.5 Å². The average Bonchev–Trinajstić information content (AvgIpc) is 2.36. The zero-order valence-corrected chi connectivity index (χ0v) is 10.8. The van der Waals surface area contributed by atoms with Crippen molar-refractivity contribution >= 4 is 0 Å². The zero-order chi connectivity index (χ0) is 14.0. The summed E-state index contributed by atoms with van der Waals surface area (Å²) in [5.41, 5.74) is 7.09. The molecule has 0 spiro atoms. The molecule has 0 aliphatic carbocycles. The van der Waals surface area contributed by atoms with Crippen LogP contribution in [0.5, 0.6) is 11.5 Å². The number of ether oxygens (including phenoxy) is 1. The molecule has 0 fully saturated rings. The highest BCUT2D eigenvalue weighted by molar-refractivity contribution is 5.39. The van der Waals surface area contributed by atoms with Crippen molar-refractivity contribution in [2.75, 3.05) is 0 Å². The first kappa shape index (κ1) is 13.5. The lowest BCUT2D eigenvalue weighted by molar-refractivity contribution is 0.435. The Balaban J connectivity index is 2.31. The van der Waals surface area contributed by atoms with Crippen LogP contribution in [0.4, 0.5) is 8.78 Å². The predicted molar refractivity (Wildman–Crippen MR) is 70.2 cm³/mol. The van der Waals surface area contributed by atoms with E-state index < -0.39 is 11.6 Å². The van der Waals surface area contributed by atoms with Crippen molar-refractivity contribution in [2.45, 2.75) is 19.9 Å². The fourth-order valence-corrected chi connectivity index (χ4v) is 1.69. The summed E-state index contributed by atoms with van der Waals surface area (Å²) in [6.45, 7) is 3.54. The van der Waals surface area contributed by atoms with Crippen LogP contribution in [0.25, 0.3) is 0 Å². The van der Waals surface area contributed by atoms with Crippen molar-refractivity contribution in [2.24, 2.45) is 5.73 Å². The highest BCUT2D eigenvalue weighted by Gasteiger charge is 2.10. The molecule has 100 valence electrons. The van der Waals surface area contributed by atoms with Gasteiger partial charge in [-0.1, -0.05) is 12.1 Å². The van der Waals surface area contributed by atoms with Crippen LogP contribution >= 0.6 is 0 Å². The van der Waals surface area contributed by atoms with E-state index in [1.165, 1.54) is 24.3 Å². The van der Waals surface area contributed by atoms with Crippen LogP contribution in [0, 0.1) is 18.6 Å². The average molecular weight is 263 g/mol. The second kappa shape index (κ2) is 5.36. The van der Waals surface area contributed by atoms with Crippen molar-refractivity contribution in [3.8, 4) is 11.5 Å². The van der Waals surface area contributed by atoms with Gasteiger partial charge < -0.3 is 10.5 Å². The van der Waals surface area contributed by atoms with Gasteiger partial charge in [0.25, 0.3) is 0 Å². The maximum absolute atomic E-state index is 13.9. The summed E-state index contributed by atoms with van der Waals surface area (Å²) in [6, 6.07) is 8.41. The van der Waals surface area contributed by atoms with Crippen molar-refractivity contribution in [3.63, 3.8) is 0 Å². The molecule has 0 aliphatic heterocycles. The van der Waals surface area contributed by atoms with Gasteiger partial charge in [-0.2, -0.15) is 0 Å². The van der Waals surface area contributed by atoms with Crippen LogP contribution in [-0.4, -0.2) is 0 Å². The third-order valence-electron chi connectivity index (χ3n) is 2.85. The standard InChI is InChI=1S/C15H15F2NO/c1-9-3-5-12(16)8-15(9)19-14-6-4-11(10(2)18)7-13(14)17/h3-8,10H,18H2,1-2H3/t10-/m1/s1. The first-order chi connectivity index (χ1) is 8.97. The monoisotopic (exact) mass is 263 g/mol. The summed E-state index contributed by atoms with van der Waals surface area (Å²) >= 11 is 0. The zero-order valence-electron chi connectivity index (χ0n) is 10.8. The van der Waals surface area contributed by atoms with E-state index in [0.29, 0.717) is 11.3 Å². The van der Waals surface area contributed by atoms with Gasteiger partial charge in [0.15, 0.2) is 11.6 Å². The lowest BCUT2D eigenvalue weighted by Crippen LogP contribution is -2.05. The predicted octanol–water partition coefficient (Wildman–Crippen LogP) is 4.09. The second-order valence-corrected chi connectivity index (χ2v) is 4.49. The molecule has 2 nitrogen and oxygen atoms in total. The molecular weight excluding hydrogens is 248 g/mol. The minimum absolute atomic E-state index is 0.0538. The van der Waals surface area contributed by atoms with Gasteiger partial charge in [0.05, 0.1) is 0 Å². The fraction of sp³-hybridized carbons (Fsp3) is 0.200. The quantitative estimate of drug-likeness (QED) is 0.905. The number of rotatable bonds is 3. The van der Waals surface area contributed by atoms with Crippen molar-refractivity contribution < 1.29 is 13.5 Å². The molecule has 4 heteroatoms. The Morgan fingerprint density at radius 2 is 1.79 bits per heavy atom. The molecule has 0 aliphatic rings. The Morgan fingerprint density at radius 1 is 1.05 bits per heavy atom. The van der Waals surface area contributed by atoms with E-state index >= 15 is 0 Å². The number of hydrogen-bond donors (Lipinski definition) is 1. The largest absolute Gasteiger partial charge is 0.454 e. The summed E-state index contributed by atoms with van der Waals surface area (Å²) in [6.07, 6.45) is 0. The molecule has 2 aromatic carbocycles. The van der Waals surface area contributed by atoms with Crippen LogP contribution in [0.15, 0.2) is 36.4 Å². The summed E-state index contributed by atoms with van der Waals surface area (Å²) in [7, 11) is 0. The van der Waals surface area contributed by atoms with Crippen LogP contribution in [0.3, 0.4) is 0 Å². The molecule has 0 unspecified atom stereocenters. The molecule has 2 N–H and O–H groups in total. The third-order valence-corrected chi connectivity index (χ3v) is 2.85.